The fourth-order valence-corrected chi connectivity index (χ4v) is 3.66. The molecule has 2 heterocycles. The van der Waals surface area contributed by atoms with Gasteiger partial charge in [0.15, 0.2) is 12.4 Å². The first-order valence-corrected chi connectivity index (χ1v) is 10.0. The minimum absolute atomic E-state index is 0.0515. The summed E-state index contributed by atoms with van der Waals surface area (Å²) in [4.78, 5) is 31.7. The SMILES string of the molecule is Cc1nc(COc2ccccc2C(=O)N2CCC(C(=O)c3ccccc3)CC2)no1. The van der Waals surface area contributed by atoms with Gasteiger partial charge in [0.1, 0.15) is 5.75 Å². The molecule has 30 heavy (non-hydrogen) atoms. The second kappa shape index (κ2) is 8.90. The fraction of sp³-hybridized carbons (Fsp3) is 0.304. The predicted molar refractivity (Wildman–Crippen MR) is 109 cm³/mol. The van der Waals surface area contributed by atoms with Crippen molar-refractivity contribution in [3.05, 3.63) is 77.4 Å². The number of nitrogens with zero attached hydrogens (tertiary/aromatic N) is 3. The zero-order chi connectivity index (χ0) is 20.9. The van der Waals surface area contributed by atoms with Gasteiger partial charge in [0.05, 0.1) is 5.56 Å². The Morgan fingerprint density at radius 3 is 2.47 bits per heavy atom. The Bertz CT molecular complexity index is 1020. The number of hydrogen-bond donors (Lipinski definition) is 0. The molecule has 0 bridgehead atoms. The maximum atomic E-state index is 13.1. The van der Waals surface area contributed by atoms with Crippen LogP contribution in [-0.4, -0.2) is 39.8 Å². The van der Waals surface area contributed by atoms with Crippen molar-refractivity contribution in [2.24, 2.45) is 5.92 Å². The number of Topliss-reactive ketones (excluding diaryl/α,β-unsaturated/α-hetero) is 1. The number of aryl methyl sites for hydroxylation is 1. The number of aromatic nitrogens is 2. The third-order valence-electron chi connectivity index (χ3n) is 5.26. The Morgan fingerprint density at radius 2 is 1.77 bits per heavy atom. The number of carbonyl (C=O) groups excluding carboxylic acids is 2. The molecule has 4 rings (SSSR count). The summed E-state index contributed by atoms with van der Waals surface area (Å²) in [5.41, 5.74) is 1.23. The summed E-state index contributed by atoms with van der Waals surface area (Å²) in [6, 6.07) is 16.5. The van der Waals surface area contributed by atoms with E-state index in [-0.39, 0.29) is 24.2 Å². The maximum absolute atomic E-state index is 13.1. The Labute approximate surface area is 174 Å². The molecule has 154 valence electrons. The van der Waals surface area contributed by atoms with Crippen molar-refractivity contribution < 1.29 is 18.8 Å². The zero-order valence-corrected chi connectivity index (χ0v) is 16.8. The molecule has 0 unspecified atom stereocenters. The van der Waals surface area contributed by atoms with E-state index in [1.165, 1.54) is 0 Å². The van der Waals surface area contributed by atoms with Crippen molar-refractivity contribution >= 4 is 11.7 Å². The van der Waals surface area contributed by atoms with Gasteiger partial charge >= 0.3 is 0 Å². The highest BCUT2D eigenvalue weighted by Crippen LogP contribution is 2.26. The number of ketones is 1. The molecule has 1 aliphatic rings. The van der Waals surface area contributed by atoms with Crippen LogP contribution in [0.5, 0.6) is 5.75 Å². The Hall–Kier alpha value is -3.48. The summed E-state index contributed by atoms with van der Waals surface area (Å²) in [7, 11) is 0. The van der Waals surface area contributed by atoms with E-state index in [1.54, 1.807) is 24.0 Å². The highest BCUT2D eigenvalue weighted by Gasteiger charge is 2.29. The lowest BCUT2D eigenvalue weighted by molar-refractivity contribution is 0.0646. The van der Waals surface area contributed by atoms with Gasteiger partial charge in [0, 0.05) is 31.5 Å². The standard InChI is InChI=1S/C23H23N3O4/c1-16-24-21(25-30-16)15-29-20-10-6-5-9-19(20)23(28)26-13-11-18(12-14-26)22(27)17-7-3-2-4-8-17/h2-10,18H,11-15H2,1H3. The second-order valence-electron chi connectivity index (χ2n) is 7.31. The average molecular weight is 405 g/mol. The third kappa shape index (κ3) is 4.40. The molecule has 0 atom stereocenters. The molecule has 0 N–H and O–H groups in total. The lowest BCUT2D eigenvalue weighted by Crippen LogP contribution is -2.40. The summed E-state index contributed by atoms with van der Waals surface area (Å²) in [5.74, 6) is 1.38. The van der Waals surface area contributed by atoms with Gasteiger partial charge in [0.2, 0.25) is 11.7 Å². The van der Waals surface area contributed by atoms with Gasteiger partial charge in [-0.25, -0.2) is 0 Å². The van der Waals surface area contributed by atoms with Crippen molar-refractivity contribution in [3.63, 3.8) is 0 Å². The Morgan fingerprint density at radius 1 is 1.07 bits per heavy atom. The average Bonchev–Trinajstić information content (AvgIpc) is 3.22. The van der Waals surface area contributed by atoms with E-state index < -0.39 is 0 Å². The van der Waals surface area contributed by atoms with Crippen molar-refractivity contribution in [1.29, 1.82) is 0 Å². The zero-order valence-electron chi connectivity index (χ0n) is 16.8. The molecule has 1 amide bonds. The molecule has 0 aliphatic carbocycles. The van der Waals surface area contributed by atoms with Crippen molar-refractivity contribution in [2.75, 3.05) is 13.1 Å². The van der Waals surface area contributed by atoms with Crippen LogP contribution in [0.15, 0.2) is 59.1 Å². The van der Waals surface area contributed by atoms with E-state index in [4.69, 9.17) is 9.26 Å². The first-order valence-electron chi connectivity index (χ1n) is 10.0. The van der Waals surface area contributed by atoms with Crippen LogP contribution >= 0.6 is 0 Å². The number of likely N-dealkylation sites (tertiary alicyclic amines) is 1. The number of rotatable bonds is 6. The number of piperidine rings is 1. The van der Waals surface area contributed by atoms with Gasteiger partial charge in [-0.15, -0.1) is 0 Å². The summed E-state index contributed by atoms with van der Waals surface area (Å²) >= 11 is 0. The van der Waals surface area contributed by atoms with Crippen molar-refractivity contribution in [3.8, 4) is 5.75 Å². The monoisotopic (exact) mass is 405 g/mol. The summed E-state index contributed by atoms with van der Waals surface area (Å²) in [6.07, 6.45) is 1.31. The minimum atomic E-state index is -0.0968. The van der Waals surface area contributed by atoms with Crippen LogP contribution in [-0.2, 0) is 6.61 Å². The highest BCUT2D eigenvalue weighted by molar-refractivity contribution is 5.99. The lowest BCUT2D eigenvalue weighted by Gasteiger charge is -2.31. The van der Waals surface area contributed by atoms with Gasteiger partial charge < -0.3 is 14.2 Å². The maximum Gasteiger partial charge on any atom is 0.257 e. The normalized spacial score (nSPS) is 14.5. The van der Waals surface area contributed by atoms with E-state index in [9.17, 15) is 9.59 Å². The molecule has 0 spiro atoms. The molecule has 1 fully saturated rings. The number of amides is 1. The molecule has 2 aromatic carbocycles. The van der Waals surface area contributed by atoms with Crippen molar-refractivity contribution in [1.82, 2.24) is 15.0 Å². The molecule has 1 saturated heterocycles. The van der Waals surface area contributed by atoms with E-state index in [0.29, 0.717) is 49.0 Å². The Kier molecular flexibility index (Phi) is 5.88. The number of hydrogen-bond acceptors (Lipinski definition) is 6. The van der Waals surface area contributed by atoms with E-state index in [0.717, 1.165) is 5.56 Å². The molecular weight excluding hydrogens is 382 g/mol. The van der Waals surface area contributed by atoms with Crippen LogP contribution < -0.4 is 4.74 Å². The van der Waals surface area contributed by atoms with Gasteiger partial charge in [-0.05, 0) is 25.0 Å². The second-order valence-corrected chi connectivity index (χ2v) is 7.31. The Balaban J connectivity index is 1.39. The molecular formula is C23H23N3O4. The summed E-state index contributed by atoms with van der Waals surface area (Å²) < 4.78 is 10.7. The number of ether oxygens (including phenoxy) is 1. The largest absolute Gasteiger partial charge is 0.485 e. The van der Waals surface area contributed by atoms with Crippen LogP contribution in [0.3, 0.4) is 0 Å². The molecule has 3 aromatic rings. The fourth-order valence-electron chi connectivity index (χ4n) is 3.66. The molecule has 1 aliphatic heterocycles. The number of carbonyl (C=O) groups is 2. The highest BCUT2D eigenvalue weighted by atomic mass is 16.5. The number of benzene rings is 2. The van der Waals surface area contributed by atoms with Crippen LogP contribution in [0.2, 0.25) is 0 Å². The van der Waals surface area contributed by atoms with Gasteiger partial charge in [-0.3, -0.25) is 9.59 Å². The van der Waals surface area contributed by atoms with Crippen LogP contribution in [0.1, 0.15) is 45.3 Å². The summed E-state index contributed by atoms with van der Waals surface area (Å²) in [5, 5.41) is 3.81. The van der Waals surface area contributed by atoms with Crippen LogP contribution in [0.25, 0.3) is 0 Å². The third-order valence-corrected chi connectivity index (χ3v) is 5.26. The van der Waals surface area contributed by atoms with Crippen LogP contribution in [0.4, 0.5) is 0 Å². The van der Waals surface area contributed by atoms with Crippen LogP contribution in [0, 0.1) is 12.8 Å². The smallest absolute Gasteiger partial charge is 0.257 e. The van der Waals surface area contributed by atoms with E-state index >= 15 is 0 Å². The minimum Gasteiger partial charge on any atom is -0.485 e. The quantitative estimate of drug-likeness (QED) is 0.582. The first-order chi connectivity index (χ1) is 14.6. The predicted octanol–water partition coefficient (Wildman–Crippen LogP) is 3.69. The molecule has 1 aromatic heterocycles. The van der Waals surface area contributed by atoms with Gasteiger partial charge in [0.25, 0.3) is 5.91 Å². The van der Waals surface area contributed by atoms with E-state index in [2.05, 4.69) is 10.1 Å². The molecule has 0 saturated carbocycles. The molecule has 0 radical (unpaired) electrons. The lowest BCUT2D eigenvalue weighted by atomic mass is 9.88. The molecule has 7 heteroatoms. The van der Waals surface area contributed by atoms with E-state index in [1.807, 2.05) is 42.5 Å². The number of para-hydroxylation sites is 1. The van der Waals surface area contributed by atoms with Crippen molar-refractivity contribution in [2.45, 2.75) is 26.4 Å². The van der Waals surface area contributed by atoms with Gasteiger partial charge in [-0.2, -0.15) is 4.98 Å². The topological polar surface area (TPSA) is 85.5 Å². The molecule has 7 nitrogen and oxygen atoms in total. The summed E-state index contributed by atoms with van der Waals surface area (Å²) in [6.45, 7) is 2.91. The van der Waals surface area contributed by atoms with Gasteiger partial charge in [-0.1, -0.05) is 47.6 Å². The first kappa shape index (κ1) is 19.8.